The molecule has 1 saturated heterocycles. The van der Waals surface area contributed by atoms with Crippen LogP contribution in [0.4, 0.5) is 4.79 Å². The zero-order valence-electron chi connectivity index (χ0n) is 13.6. The highest BCUT2D eigenvalue weighted by molar-refractivity contribution is 5.74. The summed E-state index contributed by atoms with van der Waals surface area (Å²) < 4.78 is 5.53. The predicted octanol–water partition coefficient (Wildman–Crippen LogP) is 1.84. The van der Waals surface area contributed by atoms with Gasteiger partial charge in [-0.1, -0.05) is 12.8 Å². The van der Waals surface area contributed by atoms with Gasteiger partial charge in [-0.3, -0.25) is 4.90 Å². The molecule has 3 N–H and O–H groups in total. The molecule has 0 bridgehead atoms. The van der Waals surface area contributed by atoms with Crippen molar-refractivity contribution >= 4 is 6.03 Å². The van der Waals surface area contributed by atoms with Crippen LogP contribution in [0.2, 0.25) is 0 Å². The number of nitrogens with zero attached hydrogens (tertiary/aromatic N) is 1. The molecule has 1 aliphatic carbocycles. The van der Waals surface area contributed by atoms with Gasteiger partial charge in [-0.05, 0) is 43.9 Å². The smallest absolute Gasteiger partial charge is 0.315 e. The molecule has 2 amide bonds. The van der Waals surface area contributed by atoms with E-state index < -0.39 is 0 Å². The Morgan fingerprint density at radius 2 is 2.04 bits per heavy atom. The molecule has 0 radical (unpaired) electrons. The molecule has 0 spiro atoms. The second-order valence-electron chi connectivity index (χ2n) is 6.75. The van der Waals surface area contributed by atoms with Crippen LogP contribution in [0, 0.1) is 5.92 Å². The number of carbonyl (C=O) groups excluding carboxylic acids is 1. The number of carbonyl (C=O) groups is 1. The third-order valence-corrected chi connectivity index (χ3v) is 4.86. The van der Waals surface area contributed by atoms with Gasteiger partial charge in [0.2, 0.25) is 0 Å². The monoisotopic (exact) mass is 321 g/mol. The number of furan rings is 1. The maximum absolute atomic E-state index is 11.9. The summed E-state index contributed by atoms with van der Waals surface area (Å²) in [4.78, 5) is 14.2. The summed E-state index contributed by atoms with van der Waals surface area (Å²) in [5.74, 6) is 2.00. The summed E-state index contributed by atoms with van der Waals surface area (Å²) >= 11 is 0. The summed E-state index contributed by atoms with van der Waals surface area (Å²) in [6.07, 6.45) is 5.78. The molecule has 2 aliphatic rings. The lowest BCUT2D eigenvalue weighted by atomic mass is 10.1. The van der Waals surface area contributed by atoms with Gasteiger partial charge in [0.15, 0.2) is 0 Å². The van der Waals surface area contributed by atoms with Crippen molar-refractivity contribution in [2.75, 3.05) is 19.6 Å². The minimum absolute atomic E-state index is 0.0195. The number of likely N-dealkylation sites (tertiary alicyclic amines) is 1. The number of nitrogens with one attached hydrogen (secondary N) is 2. The lowest BCUT2D eigenvalue weighted by Crippen LogP contribution is -2.42. The summed E-state index contributed by atoms with van der Waals surface area (Å²) in [7, 11) is 0. The fraction of sp³-hybridized carbons (Fsp3) is 0.706. The van der Waals surface area contributed by atoms with Crippen LogP contribution < -0.4 is 10.6 Å². The first-order chi connectivity index (χ1) is 11.2. The lowest BCUT2D eigenvalue weighted by Gasteiger charge is -2.16. The van der Waals surface area contributed by atoms with Gasteiger partial charge < -0.3 is 20.2 Å². The third-order valence-electron chi connectivity index (χ3n) is 4.86. The van der Waals surface area contributed by atoms with Crippen LogP contribution in [0.3, 0.4) is 0 Å². The Bertz CT molecular complexity index is 511. The molecule has 128 valence electrons. The molecule has 23 heavy (non-hydrogen) atoms. The van der Waals surface area contributed by atoms with Gasteiger partial charge in [-0.2, -0.15) is 0 Å². The Labute approximate surface area is 137 Å². The molecule has 2 heterocycles. The maximum Gasteiger partial charge on any atom is 0.315 e. The van der Waals surface area contributed by atoms with E-state index in [4.69, 9.17) is 9.52 Å². The largest absolute Gasteiger partial charge is 0.462 e. The van der Waals surface area contributed by atoms with Gasteiger partial charge in [0.25, 0.3) is 0 Å². The van der Waals surface area contributed by atoms with Gasteiger partial charge >= 0.3 is 6.03 Å². The SMILES string of the molecule is O=C(NCC1CCN(Cc2ccc(CO)o2)C1)NC1CCCC1. The number of rotatable bonds is 6. The van der Waals surface area contributed by atoms with Crippen molar-refractivity contribution in [3.63, 3.8) is 0 Å². The minimum Gasteiger partial charge on any atom is -0.462 e. The van der Waals surface area contributed by atoms with E-state index in [2.05, 4.69) is 15.5 Å². The van der Waals surface area contributed by atoms with Crippen LogP contribution in [0.25, 0.3) is 0 Å². The van der Waals surface area contributed by atoms with Gasteiger partial charge in [-0.15, -0.1) is 0 Å². The molecule has 1 saturated carbocycles. The maximum atomic E-state index is 11.9. The number of aliphatic hydroxyl groups is 1. The summed E-state index contributed by atoms with van der Waals surface area (Å²) in [5.41, 5.74) is 0. The predicted molar refractivity (Wildman–Crippen MR) is 86.8 cm³/mol. The van der Waals surface area contributed by atoms with Crippen molar-refractivity contribution in [2.45, 2.75) is 51.3 Å². The van der Waals surface area contributed by atoms with Crippen molar-refractivity contribution in [2.24, 2.45) is 5.92 Å². The van der Waals surface area contributed by atoms with Crippen molar-refractivity contribution in [1.82, 2.24) is 15.5 Å². The topological polar surface area (TPSA) is 77.7 Å². The van der Waals surface area contributed by atoms with E-state index >= 15 is 0 Å². The molecular weight excluding hydrogens is 294 g/mol. The Morgan fingerprint density at radius 3 is 2.78 bits per heavy atom. The molecular formula is C17H27N3O3. The fourth-order valence-electron chi connectivity index (χ4n) is 3.58. The second-order valence-corrected chi connectivity index (χ2v) is 6.75. The van der Waals surface area contributed by atoms with Crippen LogP contribution in [0.15, 0.2) is 16.5 Å². The van der Waals surface area contributed by atoms with E-state index in [1.165, 1.54) is 12.8 Å². The molecule has 1 unspecified atom stereocenters. The number of hydrogen-bond acceptors (Lipinski definition) is 4. The van der Waals surface area contributed by atoms with Crippen molar-refractivity contribution < 1.29 is 14.3 Å². The van der Waals surface area contributed by atoms with Gasteiger partial charge in [-0.25, -0.2) is 4.79 Å². The first-order valence-electron chi connectivity index (χ1n) is 8.68. The Hall–Kier alpha value is -1.53. The molecule has 2 fully saturated rings. The highest BCUT2D eigenvalue weighted by atomic mass is 16.4. The van der Waals surface area contributed by atoms with Gasteiger partial charge in [0.05, 0.1) is 6.54 Å². The minimum atomic E-state index is -0.0529. The molecule has 1 aromatic heterocycles. The molecule has 1 aromatic rings. The summed E-state index contributed by atoms with van der Waals surface area (Å²) in [6.45, 7) is 3.44. The number of amides is 2. The quantitative estimate of drug-likeness (QED) is 0.747. The zero-order chi connectivity index (χ0) is 16.1. The van der Waals surface area contributed by atoms with Crippen molar-refractivity contribution in [1.29, 1.82) is 0 Å². The van der Waals surface area contributed by atoms with E-state index in [-0.39, 0.29) is 12.6 Å². The normalized spacial score (nSPS) is 22.6. The summed E-state index contributed by atoms with van der Waals surface area (Å²) in [6, 6.07) is 4.09. The zero-order valence-corrected chi connectivity index (χ0v) is 13.6. The Kier molecular flexibility index (Phi) is 5.56. The second kappa shape index (κ2) is 7.84. The van der Waals surface area contributed by atoms with E-state index in [0.717, 1.165) is 51.2 Å². The first-order valence-corrected chi connectivity index (χ1v) is 8.68. The molecule has 6 nitrogen and oxygen atoms in total. The average Bonchev–Trinajstić information content (AvgIpc) is 3.27. The van der Waals surface area contributed by atoms with Crippen LogP contribution in [-0.4, -0.2) is 41.7 Å². The van der Waals surface area contributed by atoms with Crippen LogP contribution in [0.5, 0.6) is 0 Å². The highest BCUT2D eigenvalue weighted by Crippen LogP contribution is 2.20. The van der Waals surface area contributed by atoms with Crippen LogP contribution >= 0.6 is 0 Å². The fourth-order valence-corrected chi connectivity index (χ4v) is 3.58. The molecule has 1 atom stereocenters. The van der Waals surface area contributed by atoms with Gasteiger partial charge in [0, 0.05) is 19.1 Å². The molecule has 0 aromatic carbocycles. The number of aliphatic hydroxyl groups excluding tert-OH is 1. The highest BCUT2D eigenvalue weighted by Gasteiger charge is 2.24. The lowest BCUT2D eigenvalue weighted by molar-refractivity contribution is 0.229. The first kappa shape index (κ1) is 16.3. The van der Waals surface area contributed by atoms with E-state index in [0.29, 0.717) is 17.7 Å². The van der Waals surface area contributed by atoms with E-state index in [1.807, 2.05) is 12.1 Å². The van der Waals surface area contributed by atoms with Gasteiger partial charge in [0.1, 0.15) is 18.1 Å². The molecule has 3 rings (SSSR count). The van der Waals surface area contributed by atoms with Crippen LogP contribution in [-0.2, 0) is 13.2 Å². The van der Waals surface area contributed by atoms with Crippen LogP contribution in [0.1, 0.15) is 43.6 Å². The van der Waals surface area contributed by atoms with E-state index in [1.54, 1.807) is 0 Å². The Morgan fingerprint density at radius 1 is 1.26 bits per heavy atom. The number of urea groups is 1. The third kappa shape index (κ3) is 4.72. The van der Waals surface area contributed by atoms with Crippen molar-refractivity contribution in [3.8, 4) is 0 Å². The van der Waals surface area contributed by atoms with Crippen molar-refractivity contribution in [3.05, 3.63) is 23.7 Å². The Balaban J connectivity index is 1.35. The molecule has 1 aliphatic heterocycles. The summed E-state index contributed by atoms with van der Waals surface area (Å²) in [5, 5.41) is 15.1. The average molecular weight is 321 g/mol. The van der Waals surface area contributed by atoms with E-state index in [9.17, 15) is 4.79 Å². The molecule has 6 heteroatoms. The standard InChI is InChI=1S/C17H27N3O3/c21-12-16-6-5-15(23-16)11-20-8-7-13(10-20)9-18-17(22)19-14-3-1-2-4-14/h5-6,13-14,21H,1-4,7-12H2,(H2,18,19,22). The number of hydrogen-bond donors (Lipinski definition) is 3.